The lowest BCUT2D eigenvalue weighted by atomic mass is 10.0. The Kier molecular flexibility index (Phi) is 6.45. The molecule has 2 atom stereocenters. The molecule has 0 radical (unpaired) electrons. The Morgan fingerprint density at radius 2 is 2.17 bits per heavy atom. The van der Waals surface area contributed by atoms with E-state index in [2.05, 4.69) is 28.2 Å². The van der Waals surface area contributed by atoms with E-state index in [4.69, 9.17) is 5.73 Å². The average molecular weight is 382 g/mol. The zero-order chi connectivity index (χ0) is 16.8. The summed E-state index contributed by atoms with van der Waals surface area (Å²) in [5.74, 6) is 0.732. The van der Waals surface area contributed by atoms with Gasteiger partial charge in [0.25, 0.3) is 0 Å². The summed E-state index contributed by atoms with van der Waals surface area (Å²) in [4.78, 5) is 25.8. The first-order valence-corrected chi connectivity index (χ1v) is 8.84. The largest absolute Gasteiger partial charge is 0.352 e. The van der Waals surface area contributed by atoms with Crippen LogP contribution in [0.5, 0.6) is 0 Å². The molecule has 126 valence electrons. The van der Waals surface area contributed by atoms with E-state index in [1.54, 1.807) is 0 Å². The van der Waals surface area contributed by atoms with Gasteiger partial charge in [0.2, 0.25) is 5.91 Å². The summed E-state index contributed by atoms with van der Waals surface area (Å²) in [6.07, 6.45) is 3.47. The van der Waals surface area contributed by atoms with E-state index in [-0.39, 0.29) is 12.3 Å². The van der Waals surface area contributed by atoms with Crippen molar-refractivity contribution in [3.05, 3.63) is 34.3 Å². The van der Waals surface area contributed by atoms with Crippen LogP contribution in [-0.2, 0) is 4.79 Å². The van der Waals surface area contributed by atoms with E-state index in [1.165, 1.54) is 6.42 Å². The molecule has 23 heavy (non-hydrogen) atoms. The van der Waals surface area contributed by atoms with Crippen LogP contribution in [0.25, 0.3) is 0 Å². The molecule has 1 aliphatic rings. The number of urea groups is 1. The van der Waals surface area contributed by atoms with Gasteiger partial charge in [0.1, 0.15) is 0 Å². The number of hydrogen-bond acceptors (Lipinski definition) is 2. The van der Waals surface area contributed by atoms with Crippen molar-refractivity contribution in [2.75, 3.05) is 13.1 Å². The smallest absolute Gasteiger partial charge is 0.312 e. The van der Waals surface area contributed by atoms with Crippen LogP contribution in [0.3, 0.4) is 0 Å². The van der Waals surface area contributed by atoms with Gasteiger partial charge in [0.15, 0.2) is 0 Å². The first-order chi connectivity index (χ1) is 11.0. The van der Waals surface area contributed by atoms with Crippen LogP contribution in [0, 0.1) is 5.92 Å². The molecular weight excluding hydrogens is 358 g/mol. The summed E-state index contributed by atoms with van der Waals surface area (Å²) >= 11 is 3.42. The van der Waals surface area contributed by atoms with Crippen molar-refractivity contribution >= 4 is 27.9 Å². The Hall–Kier alpha value is -1.56. The third-order valence-corrected chi connectivity index (χ3v) is 4.81. The monoisotopic (exact) mass is 381 g/mol. The third-order valence-electron chi connectivity index (χ3n) is 4.32. The molecule has 1 aliphatic heterocycles. The van der Waals surface area contributed by atoms with Crippen molar-refractivity contribution in [3.63, 3.8) is 0 Å². The minimum atomic E-state index is -0.618. The van der Waals surface area contributed by atoms with E-state index in [0.717, 1.165) is 36.0 Å². The Morgan fingerprint density at radius 1 is 1.39 bits per heavy atom. The minimum absolute atomic E-state index is 0.0674. The number of nitrogens with two attached hydrogens (primary N) is 1. The van der Waals surface area contributed by atoms with Crippen molar-refractivity contribution in [3.8, 4) is 0 Å². The lowest BCUT2D eigenvalue weighted by molar-refractivity contribution is -0.131. The van der Waals surface area contributed by atoms with Gasteiger partial charge in [-0.2, -0.15) is 0 Å². The number of nitrogens with one attached hydrogen (secondary N) is 1. The highest BCUT2D eigenvalue weighted by Gasteiger charge is 2.23. The fourth-order valence-corrected chi connectivity index (χ4v) is 3.38. The van der Waals surface area contributed by atoms with Crippen LogP contribution < -0.4 is 11.1 Å². The summed E-state index contributed by atoms with van der Waals surface area (Å²) in [7, 11) is 0. The second-order valence-electron chi connectivity index (χ2n) is 6.24. The van der Waals surface area contributed by atoms with Gasteiger partial charge in [-0.3, -0.25) is 4.79 Å². The fourth-order valence-electron chi connectivity index (χ4n) is 2.96. The number of benzene rings is 1. The van der Waals surface area contributed by atoms with Crippen LogP contribution in [0.4, 0.5) is 4.79 Å². The number of primary amides is 1. The van der Waals surface area contributed by atoms with Crippen molar-refractivity contribution < 1.29 is 9.59 Å². The second-order valence-corrected chi connectivity index (χ2v) is 7.15. The number of rotatable bonds is 4. The molecule has 5 nitrogen and oxygen atoms in total. The maximum atomic E-state index is 12.6. The molecule has 1 heterocycles. The quantitative estimate of drug-likeness (QED) is 0.839. The molecule has 2 rings (SSSR count). The highest BCUT2D eigenvalue weighted by molar-refractivity contribution is 9.10. The second kappa shape index (κ2) is 8.34. The van der Waals surface area contributed by atoms with Crippen molar-refractivity contribution in [1.82, 2.24) is 10.2 Å². The van der Waals surface area contributed by atoms with E-state index in [1.807, 2.05) is 29.2 Å². The number of hydrogen-bond donors (Lipinski definition) is 2. The van der Waals surface area contributed by atoms with Crippen molar-refractivity contribution in [1.29, 1.82) is 0 Å². The lowest BCUT2D eigenvalue weighted by Gasteiger charge is -2.24. The van der Waals surface area contributed by atoms with Gasteiger partial charge in [-0.15, -0.1) is 0 Å². The Labute approximate surface area is 145 Å². The molecule has 6 heteroatoms. The SMILES string of the molecule is C[C@H]1CCCN(C(=O)C[C@@H](NC(N)=O)c2cccc(Br)c2)CC1. The van der Waals surface area contributed by atoms with Gasteiger partial charge in [-0.1, -0.05) is 35.0 Å². The molecule has 0 aliphatic carbocycles. The van der Waals surface area contributed by atoms with Crippen LogP contribution in [0.1, 0.15) is 44.2 Å². The summed E-state index contributed by atoms with van der Waals surface area (Å²) in [5.41, 5.74) is 6.15. The molecule has 0 unspecified atom stereocenters. The molecule has 0 aromatic heterocycles. The summed E-state index contributed by atoms with van der Waals surface area (Å²) in [6.45, 7) is 3.82. The molecule has 1 saturated heterocycles. The Morgan fingerprint density at radius 3 is 2.87 bits per heavy atom. The standard InChI is InChI=1S/C17H24BrN3O2/c1-12-4-3-8-21(9-7-12)16(22)11-15(20-17(19)23)13-5-2-6-14(18)10-13/h2,5-6,10,12,15H,3-4,7-9,11H2,1H3,(H3,19,20,23)/t12-,15+/m0/s1. The van der Waals surface area contributed by atoms with E-state index >= 15 is 0 Å². The van der Waals surface area contributed by atoms with Gasteiger partial charge in [0, 0.05) is 17.6 Å². The number of carbonyl (C=O) groups is 2. The molecule has 1 aromatic carbocycles. The Balaban J connectivity index is 2.07. The maximum Gasteiger partial charge on any atom is 0.312 e. The predicted octanol–water partition coefficient (Wildman–Crippen LogP) is 3.20. The minimum Gasteiger partial charge on any atom is -0.352 e. The Bertz CT molecular complexity index is 565. The molecule has 0 saturated carbocycles. The zero-order valence-corrected chi connectivity index (χ0v) is 15.0. The lowest BCUT2D eigenvalue weighted by Crippen LogP contribution is -2.38. The first-order valence-electron chi connectivity index (χ1n) is 8.05. The van der Waals surface area contributed by atoms with Gasteiger partial charge < -0.3 is 16.0 Å². The molecule has 0 spiro atoms. The third kappa shape index (κ3) is 5.53. The van der Waals surface area contributed by atoms with Gasteiger partial charge >= 0.3 is 6.03 Å². The van der Waals surface area contributed by atoms with Gasteiger partial charge in [-0.25, -0.2) is 4.79 Å². The summed E-state index contributed by atoms with van der Waals surface area (Å²) < 4.78 is 0.905. The predicted molar refractivity (Wildman–Crippen MR) is 93.8 cm³/mol. The normalized spacial score (nSPS) is 19.7. The molecule has 3 N–H and O–H groups in total. The number of halogens is 1. The highest BCUT2D eigenvalue weighted by Crippen LogP contribution is 2.23. The number of amides is 3. The van der Waals surface area contributed by atoms with Crippen LogP contribution in [-0.4, -0.2) is 29.9 Å². The summed E-state index contributed by atoms with van der Waals surface area (Å²) in [5, 5.41) is 2.69. The molecule has 3 amide bonds. The van der Waals surface area contributed by atoms with E-state index < -0.39 is 12.1 Å². The van der Waals surface area contributed by atoms with Crippen molar-refractivity contribution in [2.45, 2.75) is 38.6 Å². The number of nitrogens with zero attached hydrogens (tertiary/aromatic N) is 1. The maximum absolute atomic E-state index is 12.6. The molecule has 1 aromatic rings. The van der Waals surface area contributed by atoms with Gasteiger partial charge in [-0.05, 0) is 42.9 Å². The zero-order valence-electron chi connectivity index (χ0n) is 13.4. The van der Waals surface area contributed by atoms with Crippen LogP contribution >= 0.6 is 15.9 Å². The number of carbonyl (C=O) groups excluding carboxylic acids is 2. The van der Waals surface area contributed by atoms with E-state index in [9.17, 15) is 9.59 Å². The van der Waals surface area contributed by atoms with E-state index in [0.29, 0.717) is 5.92 Å². The molecular formula is C17H24BrN3O2. The fraction of sp³-hybridized carbons (Fsp3) is 0.529. The van der Waals surface area contributed by atoms with Crippen molar-refractivity contribution in [2.24, 2.45) is 11.7 Å². The average Bonchev–Trinajstić information content (AvgIpc) is 2.71. The topological polar surface area (TPSA) is 75.4 Å². The van der Waals surface area contributed by atoms with Gasteiger partial charge in [0.05, 0.1) is 12.5 Å². The summed E-state index contributed by atoms with van der Waals surface area (Å²) in [6, 6.07) is 6.56. The molecule has 0 bridgehead atoms. The highest BCUT2D eigenvalue weighted by atomic mass is 79.9. The number of likely N-dealkylation sites (tertiary alicyclic amines) is 1. The molecule has 1 fully saturated rings. The first kappa shape index (κ1) is 17.8. The van der Waals surface area contributed by atoms with Crippen LogP contribution in [0.15, 0.2) is 28.7 Å². The van der Waals surface area contributed by atoms with Crippen LogP contribution in [0.2, 0.25) is 0 Å².